The summed E-state index contributed by atoms with van der Waals surface area (Å²) in [5, 5.41) is 8.52. The largest absolute Gasteiger partial charge is 0.394 e. The Kier molecular flexibility index (Phi) is 22.5. The molecule has 0 aromatic heterocycles. The lowest BCUT2D eigenvalue weighted by Crippen LogP contribution is -2.14. The molecule has 0 aliphatic heterocycles. The van der Waals surface area contributed by atoms with Crippen molar-refractivity contribution in [2.24, 2.45) is 5.92 Å². The van der Waals surface area contributed by atoms with Gasteiger partial charge in [0, 0.05) is 6.61 Å². The summed E-state index contributed by atoms with van der Waals surface area (Å²) in [5.41, 5.74) is 0. The predicted molar refractivity (Wildman–Crippen MR) is 101 cm³/mol. The maximum atomic E-state index is 8.52. The minimum absolute atomic E-state index is 0.0422. The number of hydrogen-bond acceptors (Lipinski definition) is 7. The highest BCUT2D eigenvalue weighted by atomic mass is 16.6. The Balaban J connectivity index is 2.97. The minimum atomic E-state index is 0.0422. The van der Waals surface area contributed by atoms with Crippen molar-refractivity contribution in [2.75, 3.05) is 85.9 Å². The molecule has 0 bridgehead atoms. The van der Waals surface area contributed by atoms with Crippen LogP contribution in [0.3, 0.4) is 0 Å². The van der Waals surface area contributed by atoms with E-state index in [0.717, 1.165) is 18.9 Å². The van der Waals surface area contributed by atoms with Gasteiger partial charge in [0.25, 0.3) is 0 Å². The second kappa shape index (κ2) is 22.8. The third kappa shape index (κ3) is 23.7. The number of rotatable bonds is 22. The fraction of sp³-hybridized carbons (Fsp3) is 1.00. The van der Waals surface area contributed by atoms with E-state index in [4.69, 9.17) is 33.5 Å². The third-order valence-electron chi connectivity index (χ3n) is 3.42. The molecule has 0 aromatic carbocycles. The molecule has 1 N–H and O–H groups in total. The Morgan fingerprint density at radius 2 is 0.846 bits per heavy atom. The average Bonchev–Trinajstić information content (AvgIpc) is 2.62. The number of ether oxygens (including phenoxy) is 6. The van der Waals surface area contributed by atoms with E-state index < -0.39 is 0 Å². The smallest absolute Gasteiger partial charge is 0.0701 e. The normalized spacial score (nSPS) is 11.5. The van der Waals surface area contributed by atoms with Crippen molar-refractivity contribution in [3.8, 4) is 0 Å². The molecule has 7 heteroatoms. The van der Waals surface area contributed by atoms with Crippen molar-refractivity contribution in [1.29, 1.82) is 0 Å². The van der Waals surface area contributed by atoms with Crippen LogP contribution in [-0.2, 0) is 28.4 Å². The molecule has 0 amide bonds. The highest BCUT2D eigenvalue weighted by molar-refractivity contribution is 4.46. The molecule has 26 heavy (non-hydrogen) atoms. The second-order valence-corrected chi connectivity index (χ2v) is 6.29. The van der Waals surface area contributed by atoms with Gasteiger partial charge in [-0.25, -0.2) is 0 Å². The van der Waals surface area contributed by atoms with Crippen LogP contribution in [0.2, 0.25) is 0 Å². The van der Waals surface area contributed by atoms with Crippen LogP contribution in [0.1, 0.15) is 33.1 Å². The summed E-state index contributed by atoms with van der Waals surface area (Å²) in [6.45, 7) is 11.3. The van der Waals surface area contributed by atoms with E-state index in [1.54, 1.807) is 0 Å². The van der Waals surface area contributed by atoms with Gasteiger partial charge >= 0.3 is 0 Å². The SMILES string of the molecule is CC(C)CCCCOCCOCCOCCOCCOCCOCCO. The first-order valence-corrected chi connectivity index (χ1v) is 9.84. The third-order valence-corrected chi connectivity index (χ3v) is 3.42. The van der Waals surface area contributed by atoms with Crippen molar-refractivity contribution in [1.82, 2.24) is 0 Å². The predicted octanol–water partition coefficient (Wildman–Crippen LogP) is 1.90. The van der Waals surface area contributed by atoms with Gasteiger partial charge in [-0.2, -0.15) is 0 Å². The number of aliphatic hydroxyl groups is 1. The summed E-state index contributed by atoms with van der Waals surface area (Å²) in [4.78, 5) is 0. The maximum Gasteiger partial charge on any atom is 0.0701 e. The van der Waals surface area contributed by atoms with Crippen LogP contribution in [0.25, 0.3) is 0 Å². The summed E-state index contributed by atoms with van der Waals surface area (Å²) in [6.07, 6.45) is 3.64. The zero-order chi connectivity index (χ0) is 19.1. The summed E-state index contributed by atoms with van der Waals surface area (Å²) in [5.74, 6) is 0.778. The molecule has 0 spiro atoms. The van der Waals surface area contributed by atoms with E-state index >= 15 is 0 Å². The van der Waals surface area contributed by atoms with Crippen LogP contribution in [-0.4, -0.2) is 91.0 Å². The van der Waals surface area contributed by atoms with Crippen LogP contribution < -0.4 is 0 Å². The van der Waals surface area contributed by atoms with E-state index in [1.165, 1.54) is 12.8 Å². The van der Waals surface area contributed by atoms with Crippen molar-refractivity contribution < 1.29 is 33.5 Å². The molecular weight excluding hydrogens is 340 g/mol. The summed E-state index contributed by atoms with van der Waals surface area (Å²) in [6, 6.07) is 0. The van der Waals surface area contributed by atoms with Crippen LogP contribution in [0.5, 0.6) is 0 Å². The molecule has 7 nitrogen and oxygen atoms in total. The molecule has 0 fully saturated rings. The van der Waals surface area contributed by atoms with E-state index in [1.807, 2.05) is 0 Å². The summed E-state index contributed by atoms with van der Waals surface area (Å²) >= 11 is 0. The first kappa shape index (κ1) is 25.7. The Morgan fingerprint density at radius 3 is 1.19 bits per heavy atom. The molecule has 0 aromatic rings. The Bertz CT molecular complexity index is 252. The highest BCUT2D eigenvalue weighted by Gasteiger charge is 1.96. The highest BCUT2D eigenvalue weighted by Crippen LogP contribution is 2.05. The zero-order valence-electron chi connectivity index (χ0n) is 16.8. The van der Waals surface area contributed by atoms with Gasteiger partial charge in [-0.3, -0.25) is 0 Å². The lowest BCUT2D eigenvalue weighted by molar-refractivity contribution is -0.0182. The summed E-state index contributed by atoms with van der Waals surface area (Å²) in [7, 11) is 0. The first-order valence-electron chi connectivity index (χ1n) is 9.84. The van der Waals surface area contributed by atoms with E-state index in [-0.39, 0.29) is 6.61 Å². The molecule has 0 heterocycles. The molecule has 0 aliphatic carbocycles. The monoisotopic (exact) mass is 380 g/mol. The van der Waals surface area contributed by atoms with Gasteiger partial charge in [0.1, 0.15) is 0 Å². The van der Waals surface area contributed by atoms with Crippen molar-refractivity contribution in [2.45, 2.75) is 33.1 Å². The van der Waals surface area contributed by atoms with Gasteiger partial charge in [0.2, 0.25) is 0 Å². The number of aliphatic hydroxyl groups excluding tert-OH is 1. The molecule has 0 rings (SSSR count). The van der Waals surface area contributed by atoms with E-state index in [0.29, 0.717) is 72.7 Å². The molecule has 0 saturated carbocycles. The Hall–Kier alpha value is -0.280. The fourth-order valence-corrected chi connectivity index (χ4v) is 2.02. The number of hydrogen-bond donors (Lipinski definition) is 1. The van der Waals surface area contributed by atoms with E-state index in [9.17, 15) is 0 Å². The molecule has 0 aliphatic rings. The Morgan fingerprint density at radius 1 is 0.500 bits per heavy atom. The van der Waals surface area contributed by atoms with Gasteiger partial charge < -0.3 is 33.5 Å². The average molecular weight is 381 g/mol. The quantitative estimate of drug-likeness (QED) is 0.288. The molecule has 0 unspecified atom stereocenters. The van der Waals surface area contributed by atoms with Crippen molar-refractivity contribution >= 4 is 0 Å². The minimum Gasteiger partial charge on any atom is -0.394 e. The summed E-state index contributed by atoms with van der Waals surface area (Å²) < 4.78 is 32.1. The Labute approximate surface area is 159 Å². The standard InChI is InChI=1S/C19H40O7/c1-19(2)5-3-4-7-21-9-11-23-13-15-25-17-18-26-16-14-24-12-10-22-8-6-20/h19-20H,3-18H2,1-2H3. The van der Waals surface area contributed by atoms with Gasteiger partial charge in [-0.15, -0.1) is 0 Å². The lowest BCUT2D eigenvalue weighted by Gasteiger charge is -2.08. The van der Waals surface area contributed by atoms with Gasteiger partial charge in [0.05, 0.1) is 79.3 Å². The topological polar surface area (TPSA) is 75.6 Å². The zero-order valence-corrected chi connectivity index (χ0v) is 16.8. The van der Waals surface area contributed by atoms with Crippen LogP contribution >= 0.6 is 0 Å². The first-order chi connectivity index (χ1) is 12.8. The lowest BCUT2D eigenvalue weighted by atomic mass is 10.1. The van der Waals surface area contributed by atoms with Crippen LogP contribution in [0, 0.1) is 5.92 Å². The van der Waals surface area contributed by atoms with Gasteiger partial charge in [-0.05, 0) is 12.3 Å². The van der Waals surface area contributed by atoms with Crippen molar-refractivity contribution in [3.63, 3.8) is 0 Å². The fourth-order valence-electron chi connectivity index (χ4n) is 2.02. The van der Waals surface area contributed by atoms with Crippen LogP contribution in [0.15, 0.2) is 0 Å². The molecule has 0 atom stereocenters. The van der Waals surface area contributed by atoms with Gasteiger partial charge in [0.15, 0.2) is 0 Å². The van der Waals surface area contributed by atoms with E-state index in [2.05, 4.69) is 13.8 Å². The maximum absolute atomic E-state index is 8.52. The van der Waals surface area contributed by atoms with Gasteiger partial charge in [-0.1, -0.05) is 26.7 Å². The van der Waals surface area contributed by atoms with Crippen molar-refractivity contribution in [3.05, 3.63) is 0 Å². The molecule has 158 valence electrons. The molecule has 0 saturated heterocycles. The van der Waals surface area contributed by atoms with Crippen LogP contribution in [0.4, 0.5) is 0 Å². The second-order valence-electron chi connectivity index (χ2n) is 6.29. The molecular formula is C19H40O7. The number of unbranched alkanes of at least 4 members (excludes halogenated alkanes) is 1. The molecule has 0 radical (unpaired) electrons.